The molecule has 2 nitrogen and oxygen atoms in total. The molecule has 0 heterocycles. The van der Waals surface area contributed by atoms with Gasteiger partial charge in [0.15, 0.2) is 8.32 Å². The van der Waals surface area contributed by atoms with E-state index >= 15 is 0 Å². The third-order valence-corrected chi connectivity index (χ3v) is 8.91. The van der Waals surface area contributed by atoms with E-state index in [0.29, 0.717) is 5.04 Å². The Bertz CT molecular complexity index is 320. The molecule has 0 aliphatic heterocycles. The van der Waals surface area contributed by atoms with Gasteiger partial charge in [-0.25, -0.2) is 0 Å². The minimum atomic E-state index is -1.56. The number of hydrogen-bond donors (Lipinski definition) is 0. The summed E-state index contributed by atoms with van der Waals surface area (Å²) in [6, 6.07) is 0. The molecular weight excluding hydrogens is 280 g/mol. The molecule has 0 bridgehead atoms. The molecule has 0 spiro atoms. The highest BCUT2D eigenvalue weighted by atomic mass is 28.4. The molecule has 0 aliphatic carbocycles. The number of unbranched alkanes of at least 4 members (excludes halogenated alkanes) is 1. The van der Waals surface area contributed by atoms with Crippen LogP contribution in [0.15, 0.2) is 24.5 Å². The molecular formula is C16H34O2Si2. The summed E-state index contributed by atoms with van der Waals surface area (Å²) in [4.78, 5) is 0. The molecule has 4 heteroatoms. The number of hydrogen-bond acceptors (Lipinski definition) is 2. The van der Waals surface area contributed by atoms with Crippen LogP contribution in [0, 0.1) is 0 Å². The van der Waals surface area contributed by atoms with E-state index in [0.717, 1.165) is 19.4 Å². The van der Waals surface area contributed by atoms with E-state index in [2.05, 4.69) is 65.7 Å². The van der Waals surface area contributed by atoms with Crippen LogP contribution in [0.25, 0.3) is 0 Å². The summed E-state index contributed by atoms with van der Waals surface area (Å²) in [5.41, 5.74) is 0. The van der Waals surface area contributed by atoms with Gasteiger partial charge in [0.2, 0.25) is 8.32 Å². The lowest BCUT2D eigenvalue weighted by atomic mass is 10.2. The summed E-state index contributed by atoms with van der Waals surface area (Å²) in [5.74, 6) is 0. The van der Waals surface area contributed by atoms with E-state index in [1.165, 1.54) is 0 Å². The second-order valence-corrected chi connectivity index (χ2v) is 17.0. The Labute approximate surface area is 128 Å². The maximum atomic E-state index is 6.13. The first-order valence-electron chi connectivity index (χ1n) is 7.59. The van der Waals surface area contributed by atoms with E-state index in [4.69, 9.17) is 8.85 Å². The Hall–Kier alpha value is -0.326. The van der Waals surface area contributed by atoms with E-state index in [1.807, 2.05) is 12.3 Å². The molecule has 0 atom stereocenters. The predicted molar refractivity (Wildman–Crippen MR) is 95.1 cm³/mol. The first-order chi connectivity index (χ1) is 8.96. The maximum absolute atomic E-state index is 6.13. The summed E-state index contributed by atoms with van der Waals surface area (Å²) >= 11 is 0. The lowest BCUT2D eigenvalue weighted by Crippen LogP contribution is -2.40. The van der Waals surface area contributed by atoms with Crippen LogP contribution in [-0.2, 0) is 8.85 Å². The van der Waals surface area contributed by atoms with Gasteiger partial charge in [-0.05, 0) is 56.7 Å². The monoisotopic (exact) mass is 314 g/mol. The van der Waals surface area contributed by atoms with Gasteiger partial charge in [0.05, 0.1) is 6.26 Å². The lowest BCUT2D eigenvalue weighted by Gasteiger charge is -2.36. The fraction of sp³-hybridized carbons (Fsp3) is 0.750. The van der Waals surface area contributed by atoms with E-state index in [-0.39, 0.29) is 0 Å². The first kappa shape index (κ1) is 19.7. The lowest BCUT2D eigenvalue weighted by molar-refractivity contribution is 0.283. The molecule has 0 aliphatic rings. The zero-order valence-electron chi connectivity index (χ0n) is 14.7. The molecule has 0 saturated carbocycles. The molecule has 0 N–H and O–H groups in total. The Kier molecular flexibility index (Phi) is 8.06. The third-order valence-electron chi connectivity index (χ3n) is 3.53. The summed E-state index contributed by atoms with van der Waals surface area (Å²) < 4.78 is 11.8. The Morgan fingerprint density at radius 3 is 2.05 bits per heavy atom. The zero-order valence-corrected chi connectivity index (χ0v) is 16.7. The smallest absolute Gasteiger partial charge is 0.241 e. The highest BCUT2D eigenvalue weighted by Crippen LogP contribution is 2.36. The van der Waals surface area contributed by atoms with E-state index in [1.54, 1.807) is 0 Å². The summed E-state index contributed by atoms with van der Waals surface area (Å²) in [5, 5.41) is 0.305. The molecule has 20 heavy (non-hydrogen) atoms. The van der Waals surface area contributed by atoms with Crippen LogP contribution in [0.4, 0.5) is 0 Å². The van der Waals surface area contributed by atoms with Crippen molar-refractivity contribution in [3.05, 3.63) is 24.5 Å². The molecule has 0 rings (SSSR count). The van der Waals surface area contributed by atoms with Crippen molar-refractivity contribution in [1.82, 2.24) is 0 Å². The van der Waals surface area contributed by atoms with Crippen LogP contribution >= 0.6 is 0 Å². The SMILES string of the molecule is CC(C)(C)[Si](C)(C)OCCC/C=C\C=C\O[Si](C)(C)C. The molecule has 0 unspecified atom stereocenters. The van der Waals surface area contributed by atoms with Crippen molar-refractivity contribution >= 4 is 16.6 Å². The van der Waals surface area contributed by atoms with Crippen molar-refractivity contribution in [3.63, 3.8) is 0 Å². The minimum absolute atomic E-state index is 0.305. The predicted octanol–water partition coefficient (Wildman–Crippen LogP) is 5.71. The number of allylic oxidation sites excluding steroid dienone is 3. The van der Waals surface area contributed by atoms with Gasteiger partial charge < -0.3 is 8.85 Å². The minimum Gasteiger partial charge on any atom is -0.550 e. The highest BCUT2D eigenvalue weighted by molar-refractivity contribution is 6.74. The summed E-state index contributed by atoms with van der Waals surface area (Å²) in [7, 11) is -2.97. The Morgan fingerprint density at radius 2 is 1.55 bits per heavy atom. The van der Waals surface area contributed by atoms with Crippen molar-refractivity contribution in [2.24, 2.45) is 0 Å². The fourth-order valence-electron chi connectivity index (χ4n) is 1.21. The van der Waals surface area contributed by atoms with Crippen LogP contribution in [0.5, 0.6) is 0 Å². The van der Waals surface area contributed by atoms with E-state index in [9.17, 15) is 0 Å². The van der Waals surface area contributed by atoms with Crippen molar-refractivity contribution < 1.29 is 8.85 Å². The second-order valence-electron chi connectivity index (χ2n) is 7.74. The quantitative estimate of drug-likeness (QED) is 0.247. The van der Waals surface area contributed by atoms with Gasteiger partial charge in [-0.3, -0.25) is 0 Å². The van der Waals surface area contributed by atoms with Gasteiger partial charge in [-0.15, -0.1) is 0 Å². The Morgan fingerprint density at radius 1 is 0.950 bits per heavy atom. The van der Waals surface area contributed by atoms with Gasteiger partial charge in [0.1, 0.15) is 0 Å². The molecule has 0 radical (unpaired) electrons. The third kappa shape index (κ3) is 9.56. The first-order valence-corrected chi connectivity index (χ1v) is 13.9. The molecule has 0 aromatic carbocycles. The molecule has 0 aromatic rings. The van der Waals surface area contributed by atoms with E-state index < -0.39 is 16.6 Å². The molecule has 0 amide bonds. The molecule has 0 saturated heterocycles. The topological polar surface area (TPSA) is 18.5 Å². The van der Waals surface area contributed by atoms with Crippen LogP contribution in [-0.4, -0.2) is 23.2 Å². The van der Waals surface area contributed by atoms with Crippen molar-refractivity contribution in [1.29, 1.82) is 0 Å². The van der Waals surface area contributed by atoms with Crippen LogP contribution < -0.4 is 0 Å². The van der Waals surface area contributed by atoms with Gasteiger partial charge in [0, 0.05) is 6.61 Å². The molecule has 118 valence electrons. The van der Waals surface area contributed by atoms with Crippen LogP contribution in [0.3, 0.4) is 0 Å². The fourth-order valence-corrected chi connectivity index (χ4v) is 2.78. The molecule has 0 fully saturated rings. The summed E-state index contributed by atoms with van der Waals surface area (Å²) in [6.45, 7) is 18.9. The van der Waals surface area contributed by atoms with Gasteiger partial charge in [0.25, 0.3) is 0 Å². The van der Waals surface area contributed by atoms with Gasteiger partial charge in [-0.1, -0.05) is 32.9 Å². The van der Waals surface area contributed by atoms with Crippen LogP contribution in [0.1, 0.15) is 33.6 Å². The van der Waals surface area contributed by atoms with Crippen molar-refractivity contribution in [2.45, 2.75) is 71.4 Å². The van der Waals surface area contributed by atoms with Crippen molar-refractivity contribution in [3.8, 4) is 0 Å². The van der Waals surface area contributed by atoms with Crippen molar-refractivity contribution in [2.75, 3.05) is 6.61 Å². The average Bonchev–Trinajstić information content (AvgIpc) is 2.23. The normalized spacial score (nSPS) is 14.4. The largest absolute Gasteiger partial charge is 0.550 e. The van der Waals surface area contributed by atoms with Gasteiger partial charge in [-0.2, -0.15) is 0 Å². The highest BCUT2D eigenvalue weighted by Gasteiger charge is 2.36. The number of rotatable bonds is 8. The maximum Gasteiger partial charge on any atom is 0.241 e. The zero-order chi connectivity index (χ0) is 15.9. The molecule has 0 aromatic heterocycles. The summed E-state index contributed by atoms with van der Waals surface area (Å²) in [6.07, 6.45) is 10.2. The van der Waals surface area contributed by atoms with Gasteiger partial charge >= 0.3 is 0 Å². The Balaban J connectivity index is 3.78. The van der Waals surface area contributed by atoms with Crippen LogP contribution in [0.2, 0.25) is 37.8 Å². The standard InChI is InChI=1S/C16H34O2Si2/c1-16(2,3)20(7,8)18-15-13-11-9-10-12-14-17-19(4,5)6/h9-10,12,14H,11,13,15H2,1-8H3/b10-9-,14-12+. The average molecular weight is 315 g/mol. The second kappa shape index (κ2) is 8.20.